The van der Waals surface area contributed by atoms with Crippen molar-refractivity contribution >= 4 is 22.5 Å². The van der Waals surface area contributed by atoms with E-state index >= 15 is 0 Å². The number of aromatic nitrogens is 1. The van der Waals surface area contributed by atoms with Gasteiger partial charge in [-0.15, -0.1) is 0 Å². The van der Waals surface area contributed by atoms with Crippen LogP contribution in [0, 0.1) is 6.92 Å². The van der Waals surface area contributed by atoms with Crippen molar-refractivity contribution in [3.8, 4) is 0 Å². The molecule has 0 saturated carbocycles. The summed E-state index contributed by atoms with van der Waals surface area (Å²) in [6, 6.07) is 7.19. The topological polar surface area (TPSA) is 77.2 Å². The van der Waals surface area contributed by atoms with E-state index in [0.29, 0.717) is 24.4 Å². The van der Waals surface area contributed by atoms with Crippen molar-refractivity contribution in [1.82, 2.24) is 10.3 Å². The first kappa shape index (κ1) is 14.3. The van der Waals surface area contributed by atoms with Gasteiger partial charge in [-0.1, -0.05) is 0 Å². The molecule has 1 aromatic heterocycles. The monoisotopic (exact) mass is 273 g/mol. The molecule has 0 unspecified atom stereocenters. The van der Waals surface area contributed by atoms with Gasteiger partial charge < -0.3 is 15.8 Å². The Morgan fingerprint density at radius 2 is 2.20 bits per heavy atom. The number of hydrogen-bond donors (Lipinski definition) is 2. The van der Waals surface area contributed by atoms with Gasteiger partial charge in [-0.05, 0) is 37.6 Å². The van der Waals surface area contributed by atoms with Crippen LogP contribution in [0.3, 0.4) is 0 Å². The second-order valence-corrected chi connectivity index (χ2v) is 4.69. The minimum atomic E-state index is -0.109. The van der Waals surface area contributed by atoms with E-state index in [9.17, 15) is 4.79 Å². The van der Waals surface area contributed by atoms with Crippen LogP contribution < -0.4 is 11.1 Å². The van der Waals surface area contributed by atoms with Crippen LogP contribution >= 0.6 is 0 Å². The molecular weight excluding hydrogens is 254 g/mol. The summed E-state index contributed by atoms with van der Waals surface area (Å²) in [5, 5.41) is 3.66. The highest BCUT2D eigenvalue weighted by atomic mass is 16.5. The number of ether oxygens (including phenoxy) is 1. The minimum absolute atomic E-state index is 0.109. The minimum Gasteiger partial charge on any atom is -0.399 e. The van der Waals surface area contributed by atoms with Crippen molar-refractivity contribution in [3.05, 3.63) is 35.5 Å². The highest BCUT2D eigenvalue weighted by Crippen LogP contribution is 2.21. The summed E-state index contributed by atoms with van der Waals surface area (Å²) in [5.74, 6) is -0.109. The van der Waals surface area contributed by atoms with Crippen LogP contribution in [0.1, 0.15) is 22.5 Å². The van der Waals surface area contributed by atoms with Crippen molar-refractivity contribution in [1.29, 1.82) is 0 Å². The van der Waals surface area contributed by atoms with Gasteiger partial charge in [-0.25, -0.2) is 0 Å². The molecule has 0 aliphatic heterocycles. The molecule has 0 fully saturated rings. The lowest BCUT2D eigenvalue weighted by molar-refractivity contribution is 0.0950. The Morgan fingerprint density at radius 1 is 1.40 bits per heavy atom. The number of pyridine rings is 1. The molecule has 2 rings (SSSR count). The zero-order valence-corrected chi connectivity index (χ0v) is 11.8. The van der Waals surface area contributed by atoms with E-state index in [0.717, 1.165) is 23.0 Å². The average Bonchev–Trinajstić information content (AvgIpc) is 2.43. The van der Waals surface area contributed by atoms with Gasteiger partial charge in [0.15, 0.2) is 0 Å². The zero-order chi connectivity index (χ0) is 14.5. The van der Waals surface area contributed by atoms with Crippen molar-refractivity contribution in [2.45, 2.75) is 13.3 Å². The van der Waals surface area contributed by atoms with E-state index in [2.05, 4.69) is 10.3 Å². The molecule has 1 amide bonds. The molecule has 0 saturated heterocycles. The number of aryl methyl sites for hydroxylation is 1. The lowest BCUT2D eigenvalue weighted by Gasteiger charge is -2.09. The van der Waals surface area contributed by atoms with E-state index in [1.807, 2.05) is 13.0 Å². The van der Waals surface area contributed by atoms with Crippen LogP contribution in [0.25, 0.3) is 10.9 Å². The third kappa shape index (κ3) is 3.24. The van der Waals surface area contributed by atoms with Gasteiger partial charge in [0, 0.05) is 37.0 Å². The summed E-state index contributed by atoms with van der Waals surface area (Å²) in [6.45, 7) is 3.08. The zero-order valence-electron chi connectivity index (χ0n) is 11.8. The number of nitrogen functional groups attached to an aromatic ring is 1. The number of carbonyl (C=O) groups excluding carboxylic acids is 1. The second-order valence-electron chi connectivity index (χ2n) is 4.69. The number of benzene rings is 1. The molecule has 0 aliphatic carbocycles. The molecule has 0 aliphatic rings. The fourth-order valence-electron chi connectivity index (χ4n) is 2.08. The molecule has 0 spiro atoms. The van der Waals surface area contributed by atoms with Crippen LogP contribution in [0.5, 0.6) is 0 Å². The van der Waals surface area contributed by atoms with Crippen molar-refractivity contribution in [2.24, 2.45) is 0 Å². The Morgan fingerprint density at radius 3 is 2.95 bits per heavy atom. The maximum atomic E-state index is 12.3. The number of rotatable bonds is 5. The summed E-state index contributed by atoms with van der Waals surface area (Å²) in [5.41, 5.74) is 8.61. The van der Waals surface area contributed by atoms with Crippen LogP contribution in [-0.2, 0) is 4.74 Å². The fraction of sp³-hybridized carbons (Fsp3) is 0.333. The first-order valence-electron chi connectivity index (χ1n) is 6.56. The molecule has 5 nitrogen and oxygen atoms in total. The van der Waals surface area contributed by atoms with Crippen LogP contribution in [0.4, 0.5) is 5.69 Å². The van der Waals surface area contributed by atoms with Crippen molar-refractivity contribution in [2.75, 3.05) is 26.0 Å². The van der Waals surface area contributed by atoms with E-state index in [-0.39, 0.29) is 5.91 Å². The molecule has 20 heavy (non-hydrogen) atoms. The van der Waals surface area contributed by atoms with Crippen molar-refractivity contribution < 1.29 is 9.53 Å². The number of amides is 1. The summed E-state index contributed by atoms with van der Waals surface area (Å²) in [6.07, 6.45) is 0.784. The third-order valence-electron chi connectivity index (χ3n) is 3.02. The fourth-order valence-corrected chi connectivity index (χ4v) is 2.08. The van der Waals surface area contributed by atoms with E-state index < -0.39 is 0 Å². The first-order chi connectivity index (χ1) is 9.61. The van der Waals surface area contributed by atoms with E-state index in [1.54, 1.807) is 25.3 Å². The van der Waals surface area contributed by atoms with Gasteiger partial charge in [0.1, 0.15) is 0 Å². The summed E-state index contributed by atoms with van der Waals surface area (Å²) < 4.78 is 4.96. The predicted molar refractivity (Wildman–Crippen MR) is 79.7 cm³/mol. The normalized spacial score (nSPS) is 10.7. The largest absolute Gasteiger partial charge is 0.399 e. The van der Waals surface area contributed by atoms with Crippen LogP contribution in [0.2, 0.25) is 0 Å². The molecule has 0 atom stereocenters. The Kier molecular flexibility index (Phi) is 4.53. The summed E-state index contributed by atoms with van der Waals surface area (Å²) in [7, 11) is 1.64. The maximum Gasteiger partial charge on any atom is 0.252 e. The first-order valence-corrected chi connectivity index (χ1v) is 6.56. The number of carbonyl (C=O) groups is 1. The highest BCUT2D eigenvalue weighted by molar-refractivity contribution is 6.06. The average molecular weight is 273 g/mol. The number of nitrogens with zero attached hydrogens (tertiary/aromatic N) is 1. The predicted octanol–water partition coefficient (Wildman–Crippen LogP) is 1.89. The van der Waals surface area contributed by atoms with Crippen molar-refractivity contribution in [3.63, 3.8) is 0 Å². The standard InChI is InChI=1S/C15H19N3O2/c1-10-8-13(15(19)17-6-3-7-20-2)12-9-11(16)4-5-14(12)18-10/h4-5,8-9H,3,6-7,16H2,1-2H3,(H,17,19). The Balaban J connectivity index is 2.27. The molecule has 5 heteroatoms. The number of methoxy groups -OCH3 is 1. The number of nitrogens with two attached hydrogens (primary N) is 1. The van der Waals surface area contributed by atoms with E-state index in [4.69, 9.17) is 10.5 Å². The second kappa shape index (κ2) is 6.34. The van der Waals surface area contributed by atoms with Gasteiger partial charge in [0.05, 0.1) is 11.1 Å². The van der Waals surface area contributed by atoms with Gasteiger partial charge in [0.25, 0.3) is 5.91 Å². The van der Waals surface area contributed by atoms with Gasteiger partial charge >= 0.3 is 0 Å². The molecule has 106 valence electrons. The third-order valence-corrected chi connectivity index (χ3v) is 3.02. The highest BCUT2D eigenvalue weighted by Gasteiger charge is 2.11. The quantitative estimate of drug-likeness (QED) is 0.644. The Bertz CT molecular complexity index is 626. The molecule has 3 N–H and O–H groups in total. The van der Waals surface area contributed by atoms with Crippen LogP contribution in [-0.4, -0.2) is 31.2 Å². The number of anilines is 1. The molecule has 0 radical (unpaired) electrons. The summed E-state index contributed by atoms with van der Waals surface area (Å²) in [4.78, 5) is 16.7. The lowest BCUT2D eigenvalue weighted by atomic mass is 10.1. The lowest BCUT2D eigenvalue weighted by Crippen LogP contribution is -2.25. The van der Waals surface area contributed by atoms with E-state index in [1.165, 1.54) is 0 Å². The van der Waals surface area contributed by atoms with Crippen LogP contribution in [0.15, 0.2) is 24.3 Å². The van der Waals surface area contributed by atoms with Gasteiger partial charge in [-0.3, -0.25) is 9.78 Å². The SMILES string of the molecule is COCCCNC(=O)c1cc(C)nc2ccc(N)cc12. The number of fused-ring (bicyclic) bond motifs is 1. The van der Waals surface area contributed by atoms with Gasteiger partial charge in [-0.2, -0.15) is 0 Å². The van der Waals surface area contributed by atoms with Gasteiger partial charge in [0.2, 0.25) is 0 Å². The molecule has 1 heterocycles. The number of nitrogens with one attached hydrogen (secondary N) is 1. The molecule has 0 bridgehead atoms. The molecule has 1 aromatic carbocycles. The Hall–Kier alpha value is -2.14. The molecular formula is C15H19N3O2. The molecule has 2 aromatic rings. The maximum absolute atomic E-state index is 12.3. The summed E-state index contributed by atoms with van der Waals surface area (Å²) >= 11 is 0. The Labute approximate surface area is 118 Å². The smallest absolute Gasteiger partial charge is 0.252 e. The number of hydrogen-bond acceptors (Lipinski definition) is 4.